The molecule has 1 unspecified atom stereocenters. The van der Waals surface area contributed by atoms with E-state index in [1.807, 2.05) is 49.1 Å². The average Bonchev–Trinajstić information content (AvgIpc) is 2.67. The highest BCUT2D eigenvalue weighted by atomic mass is 16.5. The highest BCUT2D eigenvalue weighted by molar-refractivity contribution is 5.75. The molecule has 0 aliphatic carbocycles. The Labute approximate surface area is 161 Å². The van der Waals surface area contributed by atoms with Gasteiger partial charge in [0.2, 0.25) is 5.88 Å². The number of piperazine rings is 1. The molecule has 0 saturated carbocycles. The topological polar surface area (TPSA) is 57.7 Å². The van der Waals surface area contributed by atoms with Crippen molar-refractivity contribution in [3.05, 3.63) is 59.8 Å². The minimum absolute atomic E-state index is 0.0365. The van der Waals surface area contributed by atoms with Crippen LogP contribution < -0.4 is 10.1 Å². The Hall–Kier alpha value is -2.60. The van der Waals surface area contributed by atoms with Crippen LogP contribution in [0.15, 0.2) is 48.7 Å². The van der Waals surface area contributed by atoms with E-state index in [2.05, 4.69) is 34.4 Å². The van der Waals surface area contributed by atoms with Gasteiger partial charge in [0.15, 0.2) is 0 Å². The number of hydrogen-bond donors (Lipinski definition) is 1. The van der Waals surface area contributed by atoms with E-state index in [9.17, 15) is 4.79 Å². The number of likely N-dealkylation sites (N-methyl/N-ethyl adjacent to an activating group) is 1. The number of aromatic nitrogens is 1. The lowest BCUT2D eigenvalue weighted by atomic mass is 10.0. The fourth-order valence-corrected chi connectivity index (χ4v) is 3.28. The third kappa shape index (κ3) is 4.98. The molecule has 144 valence electrons. The Balaban J connectivity index is 1.69. The summed E-state index contributed by atoms with van der Waals surface area (Å²) in [6.45, 7) is 6.71. The smallest absolute Gasteiger partial charge is 0.318 e. The molecule has 2 aromatic rings. The highest BCUT2D eigenvalue weighted by Crippen LogP contribution is 2.25. The SMILES string of the molecule is CC(C)Oc1ncccc1CNC(=O)N1CCN(C)CC1c1ccccc1. The number of pyridine rings is 1. The Morgan fingerprint density at radius 1 is 1.22 bits per heavy atom. The van der Waals surface area contributed by atoms with E-state index in [-0.39, 0.29) is 18.2 Å². The molecule has 1 aliphatic rings. The third-order valence-electron chi connectivity index (χ3n) is 4.66. The minimum atomic E-state index is -0.0590. The van der Waals surface area contributed by atoms with Gasteiger partial charge in [0.05, 0.1) is 12.1 Å². The summed E-state index contributed by atoms with van der Waals surface area (Å²) in [7, 11) is 2.09. The first-order valence-electron chi connectivity index (χ1n) is 9.43. The van der Waals surface area contributed by atoms with Gasteiger partial charge in [-0.2, -0.15) is 0 Å². The zero-order valence-corrected chi connectivity index (χ0v) is 16.3. The van der Waals surface area contributed by atoms with E-state index in [0.717, 1.165) is 24.2 Å². The molecule has 0 bridgehead atoms. The summed E-state index contributed by atoms with van der Waals surface area (Å²) in [5.41, 5.74) is 2.04. The summed E-state index contributed by atoms with van der Waals surface area (Å²) < 4.78 is 5.74. The van der Waals surface area contributed by atoms with Crippen LogP contribution in [0.3, 0.4) is 0 Å². The molecular weight excluding hydrogens is 340 g/mol. The van der Waals surface area contributed by atoms with Gasteiger partial charge in [-0.15, -0.1) is 0 Å². The van der Waals surface area contributed by atoms with E-state index in [0.29, 0.717) is 19.0 Å². The van der Waals surface area contributed by atoms with Crippen molar-refractivity contribution in [2.75, 3.05) is 26.7 Å². The number of urea groups is 1. The van der Waals surface area contributed by atoms with Crippen LogP contribution in [0.2, 0.25) is 0 Å². The number of carbonyl (C=O) groups excluding carboxylic acids is 1. The number of hydrogen-bond acceptors (Lipinski definition) is 4. The van der Waals surface area contributed by atoms with Gasteiger partial charge in [-0.3, -0.25) is 0 Å². The summed E-state index contributed by atoms with van der Waals surface area (Å²) in [6.07, 6.45) is 1.74. The molecule has 27 heavy (non-hydrogen) atoms. The fourth-order valence-electron chi connectivity index (χ4n) is 3.28. The van der Waals surface area contributed by atoms with E-state index in [4.69, 9.17) is 4.74 Å². The standard InChI is InChI=1S/C21H28N4O2/c1-16(2)27-20-18(10-7-11-22-20)14-23-21(26)25-13-12-24(3)15-19(25)17-8-5-4-6-9-17/h4-11,16,19H,12-15H2,1-3H3,(H,23,26). The zero-order valence-electron chi connectivity index (χ0n) is 16.3. The molecule has 1 fully saturated rings. The Kier molecular flexibility index (Phi) is 6.29. The molecule has 2 amide bonds. The number of nitrogens with one attached hydrogen (secondary N) is 1. The Morgan fingerprint density at radius 2 is 2.00 bits per heavy atom. The zero-order chi connectivity index (χ0) is 19.2. The van der Waals surface area contributed by atoms with Crippen molar-refractivity contribution in [1.82, 2.24) is 20.1 Å². The Bertz CT molecular complexity index is 751. The van der Waals surface area contributed by atoms with Crippen LogP contribution in [0.4, 0.5) is 4.79 Å². The van der Waals surface area contributed by atoms with Gasteiger partial charge >= 0.3 is 6.03 Å². The number of ether oxygens (including phenoxy) is 1. The van der Waals surface area contributed by atoms with E-state index < -0.39 is 0 Å². The summed E-state index contributed by atoms with van der Waals surface area (Å²) in [5, 5.41) is 3.05. The summed E-state index contributed by atoms with van der Waals surface area (Å²) in [6, 6.07) is 14.0. The number of amides is 2. The molecule has 0 radical (unpaired) electrons. The molecule has 1 N–H and O–H groups in total. The van der Waals surface area contributed by atoms with Crippen molar-refractivity contribution in [3.8, 4) is 5.88 Å². The van der Waals surface area contributed by atoms with Crippen LogP contribution in [-0.2, 0) is 6.54 Å². The second-order valence-electron chi connectivity index (χ2n) is 7.18. The number of nitrogens with zero attached hydrogens (tertiary/aromatic N) is 3. The quantitative estimate of drug-likeness (QED) is 0.881. The first-order valence-corrected chi connectivity index (χ1v) is 9.43. The minimum Gasteiger partial charge on any atom is -0.475 e. The first-order chi connectivity index (χ1) is 13.0. The molecule has 2 heterocycles. The fraction of sp³-hybridized carbons (Fsp3) is 0.429. The van der Waals surface area contributed by atoms with Gasteiger partial charge in [-0.05, 0) is 32.5 Å². The van der Waals surface area contributed by atoms with Crippen LogP contribution in [-0.4, -0.2) is 53.6 Å². The number of carbonyl (C=O) groups is 1. The summed E-state index contributed by atoms with van der Waals surface area (Å²) in [5.74, 6) is 0.575. The van der Waals surface area contributed by atoms with Gasteiger partial charge in [-0.25, -0.2) is 9.78 Å². The van der Waals surface area contributed by atoms with Crippen LogP contribution in [0.25, 0.3) is 0 Å². The first kappa shape index (κ1) is 19.2. The molecule has 1 saturated heterocycles. The molecule has 1 aromatic heterocycles. The van der Waals surface area contributed by atoms with Gasteiger partial charge in [0.25, 0.3) is 0 Å². The van der Waals surface area contributed by atoms with Gasteiger partial charge in [0, 0.05) is 37.9 Å². The van der Waals surface area contributed by atoms with Crippen molar-refractivity contribution in [2.24, 2.45) is 0 Å². The molecule has 3 rings (SSSR count). The van der Waals surface area contributed by atoms with Crippen LogP contribution >= 0.6 is 0 Å². The second-order valence-corrected chi connectivity index (χ2v) is 7.18. The van der Waals surface area contributed by atoms with Gasteiger partial charge < -0.3 is 19.9 Å². The van der Waals surface area contributed by atoms with Gasteiger partial charge in [-0.1, -0.05) is 36.4 Å². The summed E-state index contributed by atoms with van der Waals surface area (Å²) in [4.78, 5) is 21.4. The monoisotopic (exact) mass is 368 g/mol. The van der Waals surface area contributed by atoms with E-state index in [1.165, 1.54) is 0 Å². The van der Waals surface area contributed by atoms with Crippen molar-refractivity contribution >= 4 is 6.03 Å². The molecule has 1 aliphatic heterocycles. The highest BCUT2D eigenvalue weighted by Gasteiger charge is 2.30. The lowest BCUT2D eigenvalue weighted by molar-refractivity contribution is 0.108. The molecule has 6 heteroatoms. The lowest BCUT2D eigenvalue weighted by Gasteiger charge is -2.40. The van der Waals surface area contributed by atoms with E-state index >= 15 is 0 Å². The largest absolute Gasteiger partial charge is 0.475 e. The normalized spacial score (nSPS) is 17.8. The molecule has 0 spiro atoms. The van der Waals surface area contributed by atoms with Crippen LogP contribution in [0.5, 0.6) is 5.88 Å². The molecular formula is C21H28N4O2. The molecule has 6 nitrogen and oxygen atoms in total. The molecule has 1 aromatic carbocycles. The predicted octanol–water partition coefficient (Wildman–Crippen LogP) is 3.07. The van der Waals surface area contributed by atoms with Crippen molar-refractivity contribution in [1.29, 1.82) is 0 Å². The maximum Gasteiger partial charge on any atom is 0.318 e. The van der Waals surface area contributed by atoms with Crippen molar-refractivity contribution < 1.29 is 9.53 Å². The predicted molar refractivity (Wildman–Crippen MR) is 106 cm³/mol. The second kappa shape index (κ2) is 8.86. The number of rotatable bonds is 5. The van der Waals surface area contributed by atoms with Crippen LogP contribution in [0, 0.1) is 0 Å². The maximum absolute atomic E-state index is 12.9. The third-order valence-corrected chi connectivity index (χ3v) is 4.66. The van der Waals surface area contributed by atoms with Crippen molar-refractivity contribution in [3.63, 3.8) is 0 Å². The Morgan fingerprint density at radius 3 is 2.74 bits per heavy atom. The van der Waals surface area contributed by atoms with E-state index in [1.54, 1.807) is 6.20 Å². The molecule has 1 atom stereocenters. The summed E-state index contributed by atoms with van der Waals surface area (Å²) >= 11 is 0. The van der Waals surface area contributed by atoms with Crippen molar-refractivity contribution in [2.45, 2.75) is 32.5 Å². The van der Waals surface area contributed by atoms with Crippen LogP contribution in [0.1, 0.15) is 31.0 Å². The van der Waals surface area contributed by atoms with Gasteiger partial charge in [0.1, 0.15) is 0 Å². The maximum atomic E-state index is 12.9. The number of benzene rings is 1. The average molecular weight is 368 g/mol. The lowest BCUT2D eigenvalue weighted by Crippen LogP contribution is -2.52.